The highest BCUT2D eigenvalue weighted by molar-refractivity contribution is 7.80. The van der Waals surface area contributed by atoms with E-state index < -0.39 is 18.0 Å². The molecule has 1 rings (SSSR count). The van der Waals surface area contributed by atoms with Crippen LogP contribution in [0.3, 0.4) is 0 Å². The van der Waals surface area contributed by atoms with Crippen molar-refractivity contribution in [2.24, 2.45) is 0 Å². The average Bonchev–Trinajstić information content (AvgIpc) is 2.28. The molecule has 0 saturated carbocycles. The summed E-state index contributed by atoms with van der Waals surface area (Å²) in [6.07, 6.45) is -2.36. The minimum Gasteiger partial charge on any atom is -0.494 e. The number of hydrogen-bond donors (Lipinski definition) is 3. The van der Waals surface area contributed by atoms with E-state index in [4.69, 9.17) is 4.74 Å². The van der Waals surface area contributed by atoms with Crippen molar-refractivity contribution in [1.29, 1.82) is 0 Å². The first-order chi connectivity index (χ1) is 7.60. The number of thiol groups is 1. The number of hydrogen-bond acceptors (Lipinski definition) is 4. The van der Waals surface area contributed by atoms with E-state index in [1.165, 1.54) is 12.1 Å². The van der Waals surface area contributed by atoms with Crippen molar-refractivity contribution in [3.8, 4) is 5.75 Å². The summed E-state index contributed by atoms with van der Waals surface area (Å²) >= 11 is 3.84. The molecule has 1 aromatic rings. The van der Waals surface area contributed by atoms with Crippen LogP contribution in [0.5, 0.6) is 5.75 Å². The van der Waals surface area contributed by atoms with Crippen LogP contribution >= 0.6 is 12.6 Å². The Morgan fingerprint density at radius 2 is 2.12 bits per heavy atom. The summed E-state index contributed by atoms with van der Waals surface area (Å²) in [5, 5.41) is 19.0. The van der Waals surface area contributed by atoms with Gasteiger partial charge < -0.3 is 14.9 Å². The number of aliphatic hydroxyl groups excluding tert-OH is 2. The molecule has 0 spiro atoms. The SMILES string of the molecule is CCOc1ccc(C(O)C(O)CS)c(F)c1. The first-order valence-electron chi connectivity index (χ1n) is 4.99. The standard InChI is InChI=1S/C11H15FO3S/c1-2-15-7-3-4-8(9(12)5-7)11(14)10(13)6-16/h3-5,10-11,13-14,16H,2,6H2,1H3. The summed E-state index contributed by atoms with van der Waals surface area (Å²) in [6, 6.07) is 4.14. The Labute approximate surface area is 99.3 Å². The molecule has 0 aliphatic heterocycles. The largest absolute Gasteiger partial charge is 0.494 e. The summed E-state index contributed by atoms with van der Waals surface area (Å²) in [6.45, 7) is 2.24. The van der Waals surface area contributed by atoms with Gasteiger partial charge in [0.2, 0.25) is 0 Å². The van der Waals surface area contributed by atoms with Crippen LogP contribution in [-0.4, -0.2) is 28.7 Å². The Morgan fingerprint density at radius 3 is 2.62 bits per heavy atom. The zero-order valence-corrected chi connectivity index (χ0v) is 9.82. The van der Waals surface area contributed by atoms with E-state index in [9.17, 15) is 14.6 Å². The highest BCUT2D eigenvalue weighted by atomic mass is 32.1. The molecular weight excluding hydrogens is 231 g/mol. The van der Waals surface area contributed by atoms with Crippen molar-refractivity contribution in [3.05, 3.63) is 29.6 Å². The van der Waals surface area contributed by atoms with Gasteiger partial charge in [-0.1, -0.05) is 0 Å². The Morgan fingerprint density at radius 1 is 1.44 bits per heavy atom. The van der Waals surface area contributed by atoms with Gasteiger partial charge in [-0.2, -0.15) is 12.6 Å². The molecule has 0 aliphatic rings. The fourth-order valence-corrected chi connectivity index (χ4v) is 1.51. The maximum absolute atomic E-state index is 13.5. The third-order valence-electron chi connectivity index (χ3n) is 2.15. The molecule has 0 amide bonds. The first kappa shape index (κ1) is 13.3. The molecule has 0 saturated heterocycles. The van der Waals surface area contributed by atoms with Gasteiger partial charge in [0.05, 0.1) is 12.7 Å². The zero-order valence-electron chi connectivity index (χ0n) is 8.93. The van der Waals surface area contributed by atoms with Crippen LogP contribution in [0.2, 0.25) is 0 Å². The van der Waals surface area contributed by atoms with Crippen molar-refractivity contribution >= 4 is 12.6 Å². The molecule has 0 radical (unpaired) electrons. The minimum absolute atomic E-state index is 0.0463. The fourth-order valence-electron chi connectivity index (χ4n) is 1.31. The van der Waals surface area contributed by atoms with E-state index >= 15 is 0 Å². The van der Waals surface area contributed by atoms with Crippen LogP contribution < -0.4 is 4.74 Å². The fraction of sp³-hybridized carbons (Fsp3) is 0.455. The summed E-state index contributed by atoms with van der Waals surface area (Å²) < 4.78 is 18.7. The first-order valence-corrected chi connectivity index (χ1v) is 5.62. The molecule has 2 atom stereocenters. The Kier molecular flexibility index (Phi) is 5.05. The van der Waals surface area contributed by atoms with Crippen LogP contribution in [0.4, 0.5) is 4.39 Å². The second-order valence-corrected chi connectivity index (χ2v) is 3.68. The molecule has 5 heteroatoms. The van der Waals surface area contributed by atoms with E-state index in [1.807, 2.05) is 0 Å². The number of halogens is 1. The van der Waals surface area contributed by atoms with Crippen LogP contribution in [0.1, 0.15) is 18.6 Å². The molecule has 1 aromatic carbocycles. The van der Waals surface area contributed by atoms with Gasteiger partial charge in [-0.15, -0.1) is 0 Å². The normalized spacial score (nSPS) is 14.6. The number of ether oxygens (including phenoxy) is 1. The van der Waals surface area contributed by atoms with Crippen molar-refractivity contribution in [3.63, 3.8) is 0 Å². The third kappa shape index (κ3) is 3.10. The molecule has 2 unspecified atom stereocenters. The lowest BCUT2D eigenvalue weighted by molar-refractivity contribution is 0.0314. The molecule has 2 N–H and O–H groups in total. The third-order valence-corrected chi connectivity index (χ3v) is 2.53. The Hall–Kier alpha value is -0.780. The molecule has 0 aliphatic carbocycles. The Balaban J connectivity index is 2.89. The van der Waals surface area contributed by atoms with Crippen molar-refractivity contribution in [1.82, 2.24) is 0 Å². The summed E-state index contributed by atoms with van der Waals surface area (Å²) in [4.78, 5) is 0. The number of rotatable bonds is 5. The molecule has 0 bridgehead atoms. The van der Waals surface area contributed by atoms with Crippen molar-refractivity contribution in [2.45, 2.75) is 19.1 Å². The molecule has 0 aromatic heterocycles. The minimum atomic E-state index is -1.27. The van der Waals surface area contributed by atoms with E-state index in [2.05, 4.69) is 12.6 Å². The topological polar surface area (TPSA) is 49.7 Å². The Bertz CT molecular complexity index is 346. The highest BCUT2D eigenvalue weighted by Gasteiger charge is 2.20. The maximum atomic E-state index is 13.5. The molecule has 0 heterocycles. The van der Waals surface area contributed by atoms with Gasteiger partial charge in [0, 0.05) is 17.4 Å². The van der Waals surface area contributed by atoms with Gasteiger partial charge in [0.25, 0.3) is 0 Å². The van der Waals surface area contributed by atoms with Crippen LogP contribution in [-0.2, 0) is 0 Å². The second kappa shape index (κ2) is 6.08. The predicted octanol–water partition coefficient (Wildman–Crippen LogP) is 1.55. The van der Waals surface area contributed by atoms with Gasteiger partial charge in [0.1, 0.15) is 17.7 Å². The monoisotopic (exact) mass is 246 g/mol. The molecular formula is C11H15FO3S. The summed E-state index contributed by atoms with van der Waals surface area (Å²) in [7, 11) is 0. The zero-order chi connectivity index (χ0) is 12.1. The van der Waals surface area contributed by atoms with Gasteiger partial charge in [-0.3, -0.25) is 0 Å². The van der Waals surface area contributed by atoms with Gasteiger partial charge in [-0.25, -0.2) is 4.39 Å². The molecule has 16 heavy (non-hydrogen) atoms. The van der Waals surface area contributed by atoms with E-state index in [0.29, 0.717) is 12.4 Å². The van der Waals surface area contributed by atoms with Crippen LogP contribution in [0.25, 0.3) is 0 Å². The second-order valence-electron chi connectivity index (χ2n) is 3.31. The van der Waals surface area contributed by atoms with Crippen molar-refractivity contribution in [2.75, 3.05) is 12.4 Å². The maximum Gasteiger partial charge on any atom is 0.132 e. The molecule has 90 valence electrons. The lowest BCUT2D eigenvalue weighted by atomic mass is 10.0. The van der Waals surface area contributed by atoms with Crippen LogP contribution in [0, 0.1) is 5.82 Å². The molecule has 3 nitrogen and oxygen atoms in total. The van der Waals surface area contributed by atoms with E-state index in [0.717, 1.165) is 0 Å². The smallest absolute Gasteiger partial charge is 0.132 e. The summed E-state index contributed by atoms with van der Waals surface area (Å²) in [5.74, 6) is -0.135. The lowest BCUT2D eigenvalue weighted by Gasteiger charge is -2.17. The van der Waals surface area contributed by atoms with E-state index in [1.54, 1.807) is 13.0 Å². The molecule has 0 fully saturated rings. The van der Waals surface area contributed by atoms with Gasteiger partial charge in [-0.05, 0) is 19.1 Å². The van der Waals surface area contributed by atoms with Gasteiger partial charge in [0.15, 0.2) is 0 Å². The van der Waals surface area contributed by atoms with Crippen molar-refractivity contribution < 1.29 is 19.3 Å². The lowest BCUT2D eigenvalue weighted by Crippen LogP contribution is -2.20. The number of benzene rings is 1. The van der Waals surface area contributed by atoms with Crippen LogP contribution in [0.15, 0.2) is 18.2 Å². The summed E-state index contributed by atoms with van der Waals surface area (Å²) in [5.41, 5.74) is 0.0463. The van der Waals surface area contributed by atoms with E-state index in [-0.39, 0.29) is 11.3 Å². The number of aliphatic hydroxyl groups is 2. The predicted molar refractivity (Wildman–Crippen MR) is 62.4 cm³/mol. The quantitative estimate of drug-likeness (QED) is 0.691. The average molecular weight is 246 g/mol. The highest BCUT2D eigenvalue weighted by Crippen LogP contribution is 2.24. The van der Waals surface area contributed by atoms with Gasteiger partial charge >= 0.3 is 0 Å².